The van der Waals surface area contributed by atoms with Crippen LogP contribution in [0.25, 0.3) is 0 Å². The smallest absolute Gasteiger partial charge is 0.307 e. The number of carbonyl (C=O) groups is 3. The minimum absolute atomic E-state index is 0.0181. The Hall–Kier alpha value is -1.85. The van der Waals surface area contributed by atoms with Crippen molar-refractivity contribution in [2.45, 2.75) is 26.2 Å². The summed E-state index contributed by atoms with van der Waals surface area (Å²) in [6, 6.07) is 0. The third kappa shape index (κ3) is 4.08. The summed E-state index contributed by atoms with van der Waals surface area (Å²) < 4.78 is 0. The van der Waals surface area contributed by atoms with E-state index in [1.165, 1.54) is 11.9 Å². The van der Waals surface area contributed by atoms with Gasteiger partial charge in [0.2, 0.25) is 11.8 Å². The molecule has 1 rings (SSSR count). The Balaban J connectivity index is 2.83. The monoisotopic (exact) mass is 282 g/mol. The number of amides is 2. The van der Waals surface area contributed by atoms with Crippen LogP contribution in [0, 0.1) is 11.8 Å². The van der Waals surface area contributed by atoms with Crippen LogP contribution in [0.5, 0.6) is 0 Å². The van der Waals surface area contributed by atoms with Gasteiger partial charge >= 0.3 is 5.97 Å². The Morgan fingerprint density at radius 3 is 2.35 bits per heavy atom. The number of hydrogen-bond donors (Lipinski definition) is 2. The SMILES string of the molecule is CCCN(CC(=O)NC)C(=O)C1CC=CCC1C(=O)O. The summed E-state index contributed by atoms with van der Waals surface area (Å²) in [7, 11) is 1.51. The van der Waals surface area contributed by atoms with E-state index in [1.807, 2.05) is 13.0 Å². The highest BCUT2D eigenvalue weighted by molar-refractivity contribution is 5.89. The molecule has 1 aliphatic carbocycles. The fourth-order valence-electron chi connectivity index (χ4n) is 2.38. The van der Waals surface area contributed by atoms with Crippen molar-refractivity contribution in [1.82, 2.24) is 10.2 Å². The molecule has 20 heavy (non-hydrogen) atoms. The molecule has 0 aromatic heterocycles. The maximum Gasteiger partial charge on any atom is 0.307 e. The van der Waals surface area contributed by atoms with Gasteiger partial charge in [-0.05, 0) is 19.3 Å². The zero-order chi connectivity index (χ0) is 15.1. The maximum absolute atomic E-state index is 12.5. The number of allylic oxidation sites excluding steroid dienone is 2. The average Bonchev–Trinajstić information content (AvgIpc) is 2.45. The van der Waals surface area contributed by atoms with Gasteiger partial charge in [0.1, 0.15) is 0 Å². The molecule has 0 saturated carbocycles. The van der Waals surface area contributed by atoms with E-state index in [0.29, 0.717) is 19.4 Å². The molecule has 112 valence electrons. The Kier molecular flexibility index (Phi) is 6.21. The molecule has 0 spiro atoms. The molecule has 0 aromatic rings. The van der Waals surface area contributed by atoms with E-state index in [0.717, 1.165) is 6.42 Å². The first kappa shape index (κ1) is 16.2. The number of rotatable bonds is 6. The highest BCUT2D eigenvalue weighted by Crippen LogP contribution is 2.27. The quantitative estimate of drug-likeness (QED) is 0.700. The second-order valence-corrected chi connectivity index (χ2v) is 4.93. The molecule has 6 heteroatoms. The van der Waals surface area contributed by atoms with Crippen LogP contribution in [0.1, 0.15) is 26.2 Å². The number of hydrogen-bond acceptors (Lipinski definition) is 3. The van der Waals surface area contributed by atoms with Gasteiger partial charge in [-0.2, -0.15) is 0 Å². The lowest BCUT2D eigenvalue weighted by Crippen LogP contribution is -2.46. The van der Waals surface area contributed by atoms with Gasteiger partial charge in [-0.15, -0.1) is 0 Å². The normalized spacial score (nSPS) is 21.3. The highest BCUT2D eigenvalue weighted by Gasteiger charge is 2.36. The molecule has 0 radical (unpaired) electrons. The van der Waals surface area contributed by atoms with E-state index in [-0.39, 0.29) is 18.4 Å². The van der Waals surface area contributed by atoms with Gasteiger partial charge in [-0.3, -0.25) is 14.4 Å². The van der Waals surface area contributed by atoms with E-state index < -0.39 is 17.8 Å². The molecular weight excluding hydrogens is 260 g/mol. The van der Waals surface area contributed by atoms with Crippen molar-refractivity contribution < 1.29 is 19.5 Å². The fraction of sp³-hybridized carbons (Fsp3) is 0.643. The summed E-state index contributed by atoms with van der Waals surface area (Å²) >= 11 is 0. The predicted octanol–water partition coefficient (Wildman–Crippen LogP) is 0.638. The predicted molar refractivity (Wildman–Crippen MR) is 73.9 cm³/mol. The Labute approximate surface area is 118 Å². The van der Waals surface area contributed by atoms with Crippen molar-refractivity contribution in [1.29, 1.82) is 0 Å². The van der Waals surface area contributed by atoms with E-state index in [4.69, 9.17) is 0 Å². The highest BCUT2D eigenvalue weighted by atomic mass is 16.4. The van der Waals surface area contributed by atoms with Crippen molar-refractivity contribution in [3.8, 4) is 0 Å². The van der Waals surface area contributed by atoms with Crippen molar-refractivity contribution in [2.24, 2.45) is 11.8 Å². The summed E-state index contributed by atoms with van der Waals surface area (Å²) in [6.07, 6.45) is 5.15. The van der Waals surface area contributed by atoms with Gasteiger partial charge in [0.25, 0.3) is 0 Å². The third-order valence-corrected chi connectivity index (χ3v) is 3.49. The average molecular weight is 282 g/mol. The maximum atomic E-state index is 12.5. The van der Waals surface area contributed by atoms with Crippen LogP contribution in [0.4, 0.5) is 0 Å². The summed E-state index contributed by atoms with van der Waals surface area (Å²) in [5, 5.41) is 11.7. The van der Waals surface area contributed by atoms with Crippen molar-refractivity contribution >= 4 is 17.8 Å². The standard InChI is InChI=1S/C14H22N2O4/c1-3-8-16(9-12(17)15-2)13(18)10-6-4-5-7-11(10)14(19)20/h4-5,10-11H,3,6-9H2,1-2H3,(H,15,17)(H,19,20). The first-order valence-corrected chi connectivity index (χ1v) is 6.88. The first-order valence-electron chi connectivity index (χ1n) is 6.88. The minimum Gasteiger partial charge on any atom is -0.481 e. The van der Waals surface area contributed by atoms with Crippen molar-refractivity contribution in [3.05, 3.63) is 12.2 Å². The second-order valence-electron chi connectivity index (χ2n) is 4.93. The van der Waals surface area contributed by atoms with Gasteiger partial charge in [-0.25, -0.2) is 0 Å². The van der Waals surface area contributed by atoms with E-state index in [1.54, 1.807) is 6.08 Å². The number of likely N-dealkylation sites (N-methyl/N-ethyl adjacent to an activating group) is 1. The van der Waals surface area contributed by atoms with Gasteiger partial charge in [0, 0.05) is 13.6 Å². The number of carbonyl (C=O) groups excluding carboxylic acids is 2. The number of nitrogens with one attached hydrogen (secondary N) is 1. The van der Waals surface area contributed by atoms with Crippen LogP contribution in [0.2, 0.25) is 0 Å². The summed E-state index contributed by atoms with van der Waals surface area (Å²) in [5.41, 5.74) is 0. The summed E-state index contributed by atoms with van der Waals surface area (Å²) in [4.78, 5) is 36.7. The lowest BCUT2D eigenvalue weighted by Gasteiger charge is -2.30. The Morgan fingerprint density at radius 1 is 1.25 bits per heavy atom. The van der Waals surface area contributed by atoms with Crippen LogP contribution in [-0.2, 0) is 14.4 Å². The van der Waals surface area contributed by atoms with Crippen LogP contribution in [-0.4, -0.2) is 47.9 Å². The first-order chi connectivity index (χ1) is 9.51. The Morgan fingerprint density at radius 2 is 1.85 bits per heavy atom. The second kappa shape index (κ2) is 7.67. The molecule has 2 N–H and O–H groups in total. The van der Waals surface area contributed by atoms with Crippen molar-refractivity contribution in [3.63, 3.8) is 0 Å². The number of carboxylic acids is 1. The van der Waals surface area contributed by atoms with Gasteiger partial charge in [0.15, 0.2) is 0 Å². The van der Waals surface area contributed by atoms with Crippen LogP contribution in [0.15, 0.2) is 12.2 Å². The molecule has 2 atom stereocenters. The van der Waals surface area contributed by atoms with Crippen LogP contribution < -0.4 is 5.32 Å². The molecule has 2 unspecified atom stereocenters. The zero-order valence-electron chi connectivity index (χ0n) is 12.0. The van der Waals surface area contributed by atoms with Crippen molar-refractivity contribution in [2.75, 3.05) is 20.1 Å². The van der Waals surface area contributed by atoms with E-state index >= 15 is 0 Å². The molecule has 2 amide bonds. The lowest BCUT2D eigenvalue weighted by molar-refractivity contribution is -0.151. The largest absolute Gasteiger partial charge is 0.481 e. The lowest BCUT2D eigenvalue weighted by atomic mass is 9.82. The van der Waals surface area contributed by atoms with Crippen LogP contribution in [0.3, 0.4) is 0 Å². The van der Waals surface area contributed by atoms with Gasteiger partial charge < -0.3 is 15.3 Å². The molecule has 0 fully saturated rings. The molecule has 0 aromatic carbocycles. The van der Waals surface area contributed by atoms with E-state index in [9.17, 15) is 19.5 Å². The van der Waals surface area contributed by atoms with Crippen LogP contribution >= 0.6 is 0 Å². The molecule has 0 bridgehead atoms. The summed E-state index contributed by atoms with van der Waals surface area (Å²) in [6.45, 7) is 2.36. The molecule has 0 heterocycles. The van der Waals surface area contributed by atoms with Gasteiger partial charge in [-0.1, -0.05) is 19.1 Å². The van der Waals surface area contributed by atoms with Gasteiger partial charge in [0.05, 0.1) is 18.4 Å². The third-order valence-electron chi connectivity index (χ3n) is 3.49. The number of nitrogens with zero attached hydrogens (tertiary/aromatic N) is 1. The number of aliphatic carboxylic acids is 1. The molecule has 1 aliphatic rings. The van der Waals surface area contributed by atoms with E-state index in [2.05, 4.69) is 5.32 Å². The molecule has 0 saturated heterocycles. The topological polar surface area (TPSA) is 86.7 Å². The number of carboxylic acid groups (broad SMARTS) is 1. The fourth-order valence-corrected chi connectivity index (χ4v) is 2.38. The summed E-state index contributed by atoms with van der Waals surface area (Å²) in [5.74, 6) is -2.72. The minimum atomic E-state index is -0.955. The molecule has 6 nitrogen and oxygen atoms in total. The zero-order valence-corrected chi connectivity index (χ0v) is 12.0. The molecule has 0 aliphatic heterocycles. The Bertz CT molecular complexity index is 406. The molecular formula is C14H22N2O4.